The van der Waals surface area contributed by atoms with Gasteiger partial charge in [0, 0.05) is 19.3 Å². The monoisotopic (exact) mass is 1110 g/mol. The summed E-state index contributed by atoms with van der Waals surface area (Å²) in [6.07, 6.45) is 90.3. The lowest BCUT2D eigenvalue weighted by Gasteiger charge is -2.18. The average Bonchev–Trinajstić information content (AvgIpc) is 3.46. The Morgan fingerprint density at radius 1 is 0.263 bits per heavy atom. The highest BCUT2D eigenvalue weighted by Crippen LogP contribution is 2.17. The molecule has 0 bridgehead atoms. The Hall–Kier alpha value is -3.41. The fraction of sp³-hybridized carbons (Fsp3) is 0.770. The summed E-state index contributed by atoms with van der Waals surface area (Å²) in [5, 5.41) is 0. The van der Waals surface area contributed by atoms with Gasteiger partial charge in [-0.3, -0.25) is 14.4 Å². The number of esters is 3. The van der Waals surface area contributed by atoms with Crippen molar-refractivity contribution in [3.8, 4) is 0 Å². The van der Waals surface area contributed by atoms with Gasteiger partial charge >= 0.3 is 17.9 Å². The molecule has 0 heterocycles. The number of unbranched alkanes of at least 4 members (excludes halogenated alkanes) is 38. The molecule has 6 nitrogen and oxygen atoms in total. The van der Waals surface area contributed by atoms with Crippen molar-refractivity contribution in [2.45, 2.75) is 354 Å². The van der Waals surface area contributed by atoms with Crippen molar-refractivity contribution >= 4 is 17.9 Å². The molecule has 0 N–H and O–H groups in total. The van der Waals surface area contributed by atoms with Crippen molar-refractivity contribution in [1.29, 1.82) is 0 Å². The molecule has 0 aliphatic rings. The van der Waals surface area contributed by atoms with Crippen LogP contribution in [0, 0.1) is 0 Å². The highest BCUT2D eigenvalue weighted by Gasteiger charge is 2.19. The zero-order valence-electron chi connectivity index (χ0n) is 53.1. The predicted octanol–water partition coefficient (Wildman–Crippen LogP) is 23.8. The van der Waals surface area contributed by atoms with Crippen molar-refractivity contribution in [3.05, 3.63) is 85.1 Å². The molecule has 1 atom stereocenters. The van der Waals surface area contributed by atoms with Crippen molar-refractivity contribution in [2.24, 2.45) is 0 Å². The smallest absolute Gasteiger partial charge is 0.306 e. The maximum atomic E-state index is 12.9. The summed E-state index contributed by atoms with van der Waals surface area (Å²) in [4.78, 5) is 38.4. The maximum absolute atomic E-state index is 12.9. The second-order valence-corrected chi connectivity index (χ2v) is 23.1. The first kappa shape index (κ1) is 76.6. The fourth-order valence-electron chi connectivity index (χ4n) is 9.97. The Bertz CT molecular complexity index is 1520. The molecule has 0 spiro atoms. The van der Waals surface area contributed by atoms with E-state index in [4.69, 9.17) is 14.2 Å². The van der Waals surface area contributed by atoms with Crippen LogP contribution in [0.25, 0.3) is 0 Å². The first-order valence-corrected chi connectivity index (χ1v) is 34.6. The third kappa shape index (κ3) is 65.4. The van der Waals surface area contributed by atoms with Gasteiger partial charge in [-0.15, -0.1) is 0 Å². The van der Waals surface area contributed by atoms with Gasteiger partial charge in [0.25, 0.3) is 0 Å². The lowest BCUT2D eigenvalue weighted by atomic mass is 10.0. The molecule has 0 aromatic carbocycles. The number of hydrogen-bond donors (Lipinski definition) is 0. The van der Waals surface area contributed by atoms with E-state index in [0.717, 1.165) is 103 Å². The van der Waals surface area contributed by atoms with Crippen LogP contribution in [0.3, 0.4) is 0 Å². The molecule has 80 heavy (non-hydrogen) atoms. The van der Waals surface area contributed by atoms with Crippen LogP contribution in [0.1, 0.15) is 348 Å². The molecule has 0 amide bonds. The van der Waals surface area contributed by atoms with Gasteiger partial charge in [0.1, 0.15) is 13.2 Å². The van der Waals surface area contributed by atoms with Crippen LogP contribution < -0.4 is 0 Å². The summed E-state index contributed by atoms with van der Waals surface area (Å²) in [5.74, 6) is -0.868. The Balaban J connectivity index is 4.24. The number of hydrogen-bond acceptors (Lipinski definition) is 6. The third-order valence-corrected chi connectivity index (χ3v) is 15.1. The fourth-order valence-corrected chi connectivity index (χ4v) is 9.97. The van der Waals surface area contributed by atoms with E-state index in [1.165, 1.54) is 205 Å². The van der Waals surface area contributed by atoms with Crippen LogP contribution in [0.4, 0.5) is 0 Å². The van der Waals surface area contributed by atoms with E-state index in [-0.39, 0.29) is 31.1 Å². The maximum Gasteiger partial charge on any atom is 0.306 e. The van der Waals surface area contributed by atoms with Crippen LogP contribution in [0.5, 0.6) is 0 Å². The quantitative estimate of drug-likeness (QED) is 0.0261. The van der Waals surface area contributed by atoms with Crippen LogP contribution in [0.15, 0.2) is 85.1 Å². The highest BCUT2D eigenvalue weighted by atomic mass is 16.6. The number of rotatable bonds is 63. The summed E-state index contributed by atoms with van der Waals surface area (Å²) >= 11 is 0. The van der Waals surface area contributed by atoms with Crippen molar-refractivity contribution in [1.82, 2.24) is 0 Å². The molecule has 462 valence electrons. The molecular formula is C74H130O6. The highest BCUT2D eigenvalue weighted by molar-refractivity contribution is 5.71. The molecule has 0 fully saturated rings. The molecule has 0 aromatic heterocycles. The van der Waals surface area contributed by atoms with Crippen molar-refractivity contribution < 1.29 is 28.6 Å². The zero-order valence-corrected chi connectivity index (χ0v) is 53.1. The summed E-state index contributed by atoms with van der Waals surface area (Å²) in [5.41, 5.74) is 0. The number of ether oxygens (including phenoxy) is 3. The molecule has 0 saturated heterocycles. The van der Waals surface area contributed by atoms with Crippen LogP contribution in [-0.2, 0) is 28.6 Å². The average molecular weight is 1120 g/mol. The molecule has 0 radical (unpaired) electrons. The largest absolute Gasteiger partial charge is 0.462 e. The number of carbonyl (C=O) groups excluding carboxylic acids is 3. The summed E-state index contributed by atoms with van der Waals surface area (Å²) in [6.45, 7) is 6.55. The van der Waals surface area contributed by atoms with Gasteiger partial charge in [-0.25, -0.2) is 0 Å². The Labute approximate surface area is 496 Å². The molecule has 6 heteroatoms. The second kappa shape index (κ2) is 68.1. The second-order valence-electron chi connectivity index (χ2n) is 23.1. The van der Waals surface area contributed by atoms with Gasteiger partial charge in [-0.1, -0.05) is 318 Å². The van der Waals surface area contributed by atoms with E-state index in [2.05, 4.69) is 106 Å². The summed E-state index contributed by atoms with van der Waals surface area (Å²) in [6, 6.07) is 0. The number of allylic oxidation sites excluding steroid dienone is 14. The lowest BCUT2D eigenvalue weighted by Crippen LogP contribution is -2.30. The molecule has 0 aliphatic carbocycles. The van der Waals surface area contributed by atoms with E-state index in [1.54, 1.807) is 0 Å². The first-order chi connectivity index (χ1) is 39.5. The third-order valence-electron chi connectivity index (χ3n) is 15.1. The van der Waals surface area contributed by atoms with Gasteiger partial charge < -0.3 is 14.2 Å². The van der Waals surface area contributed by atoms with Crippen LogP contribution in [0.2, 0.25) is 0 Å². The molecule has 1 unspecified atom stereocenters. The molecule has 0 saturated carbocycles. The molecule has 0 rings (SSSR count). The first-order valence-electron chi connectivity index (χ1n) is 34.6. The minimum absolute atomic E-state index is 0.0762. The van der Waals surface area contributed by atoms with Gasteiger partial charge in [0.15, 0.2) is 6.10 Å². The van der Waals surface area contributed by atoms with Crippen molar-refractivity contribution in [2.75, 3.05) is 13.2 Å². The Morgan fingerprint density at radius 2 is 0.487 bits per heavy atom. The van der Waals surface area contributed by atoms with Crippen LogP contribution in [-0.4, -0.2) is 37.2 Å². The van der Waals surface area contributed by atoms with E-state index in [9.17, 15) is 14.4 Å². The van der Waals surface area contributed by atoms with Gasteiger partial charge in [-0.2, -0.15) is 0 Å². The van der Waals surface area contributed by atoms with Gasteiger partial charge in [-0.05, 0) is 96.3 Å². The summed E-state index contributed by atoms with van der Waals surface area (Å²) < 4.78 is 17.0. The molecule has 0 aromatic rings. The van der Waals surface area contributed by atoms with E-state index >= 15 is 0 Å². The van der Waals surface area contributed by atoms with Crippen LogP contribution >= 0.6 is 0 Å². The zero-order chi connectivity index (χ0) is 57.8. The number of carbonyl (C=O) groups is 3. The minimum Gasteiger partial charge on any atom is -0.462 e. The standard InChI is InChI=1S/C74H130O6/c1-4-7-10-13-16-19-22-25-27-29-31-33-34-35-36-37-38-39-40-42-43-45-47-49-52-55-58-61-64-67-73(76)79-70-71(69-78-72(75)66-63-60-57-54-51-24-21-18-15-12-9-6-3)80-74(77)68-65-62-59-56-53-50-48-46-44-41-32-30-28-26-23-20-17-14-11-8-5-2/h8,11,17,20,22,25-26,28-29,31-32,34-35,41,71H,4-7,9-10,12-16,18-19,21,23-24,27,30,33,36-40,42-70H2,1-3H3/b11-8-,20-17-,25-22-,28-26-,31-29-,35-34-,41-32-. The molecule has 0 aliphatic heterocycles. The molecular weight excluding hydrogens is 985 g/mol. The van der Waals surface area contributed by atoms with E-state index < -0.39 is 6.10 Å². The lowest BCUT2D eigenvalue weighted by molar-refractivity contribution is -0.167. The van der Waals surface area contributed by atoms with Gasteiger partial charge in [0.2, 0.25) is 0 Å². The van der Waals surface area contributed by atoms with Crippen molar-refractivity contribution in [3.63, 3.8) is 0 Å². The Morgan fingerprint density at radius 3 is 0.762 bits per heavy atom. The Kier molecular flexibility index (Phi) is 65.2. The topological polar surface area (TPSA) is 78.9 Å². The van der Waals surface area contributed by atoms with E-state index in [1.807, 2.05) is 0 Å². The SMILES string of the molecule is CC/C=C\C/C=C\C/C=C\C/C=C\CCCCCCCCCCC(=O)OC(COC(=O)CCCCCCCCCCCCCC)COC(=O)CCCCCCCCCCCCCCCC/C=C\C/C=C\C/C=C\CCCCCCC. The normalized spacial score (nSPS) is 12.6. The minimum atomic E-state index is -0.781. The predicted molar refractivity (Wildman–Crippen MR) is 348 cm³/mol. The van der Waals surface area contributed by atoms with Gasteiger partial charge in [0.05, 0.1) is 0 Å². The summed E-state index contributed by atoms with van der Waals surface area (Å²) in [7, 11) is 0. The van der Waals surface area contributed by atoms with E-state index in [0.29, 0.717) is 19.3 Å².